The van der Waals surface area contributed by atoms with Gasteiger partial charge in [-0.2, -0.15) is 0 Å². The lowest BCUT2D eigenvalue weighted by atomic mass is 10.0. The minimum atomic E-state index is -0.711. The summed E-state index contributed by atoms with van der Waals surface area (Å²) in [5, 5.41) is 14.5. The first-order valence-electron chi connectivity index (χ1n) is 10.2. The zero-order valence-electron chi connectivity index (χ0n) is 17.9. The van der Waals surface area contributed by atoms with Crippen LogP contribution in [0.4, 0.5) is 15.8 Å². The first-order valence-corrected chi connectivity index (χ1v) is 11.4. The van der Waals surface area contributed by atoms with Crippen molar-refractivity contribution in [3.63, 3.8) is 0 Å². The van der Waals surface area contributed by atoms with Crippen LogP contribution < -0.4 is 5.32 Å². The third-order valence-electron chi connectivity index (χ3n) is 4.98. The molecule has 6 nitrogen and oxygen atoms in total. The lowest BCUT2D eigenvalue weighted by molar-refractivity contribution is -0.387. The van der Waals surface area contributed by atoms with Gasteiger partial charge in [0, 0.05) is 27.1 Å². The minimum absolute atomic E-state index is 0.0123. The molecule has 9 heteroatoms. The molecule has 0 aromatic heterocycles. The third kappa shape index (κ3) is 5.56. The van der Waals surface area contributed by atoms with Crippen molar-refractivity contribution in [3.05, 3.63) is 129 Å². The molecule has 4 aromatic rings. The molecule has 1 amide bonds. The second-order valence-corrected chi connectivity index (χ2v) is 8.86. The Labute approximate surface area is 208 Å². The number of carbonyl (C=O) groups is 2. The molecule has 174 valence electrons. The van der Waals surface area contributed by atoms with Gasteiger partial charge in [0.15, 0.2) is 5.78 Å². The molecule has 0 aliphatic rings. The topological polar surface area (TPSA) is 89.3 Å². The molecule has 0 bridgehead atoms. The summed E-state index contributed by atoms with van der Waals surface area (Å²) in [6, 6.07) is 22.9. The highest BCUT2D eigenvalue weighted by atomic mass is 35.5. The predicted octanol–water partition coefficient (Wildman–Crippen LogP) is 7.02. The molecule has 4 aromatic carbocycles. The maximum atomic E-state index is 14.2. The van der Waals surface area contributed by atoms with Crippen LogP contribution in [0, 0.1) is 15.9 Å². The van der Waals surface area contributed by atoms with Crippen LogP contribution in [-0.2, 0) is 0 Å². The van der Waals surface area contributed by atoms with Crippen molar-refractivity contribution in [2.75, 3.05) is 5.32 Å². The Morgan fingerprint density at radius 2 is 1.60 bits per heavy atom. The van der Waals surface area contributed by atoms with Crippen LogP contribution in [0.2, 0.25) is 5.02 Å². The Bertz CT molecular complexity index is 1450. The van der Waals surface area contributed by atoms with Crippen LogP contribution >= 0.6 is 23.4 Å². The van der Waals surface area contributed by atoms with E-state index in [0.29, 0.717) is 4.90 Å². The number of anilines is 1. The number of nitrogens with one attached hydrogen (secondary N) is 1. The van der Waals surface area contributed by atoms with Gasteiger partial charge in [0.1, 0.15) is 5.82 Å². The zero-order valence-corrected chi connectivity index (χ0v) is 19.5. The summed E-state index contributed by atoms with van der Waals surface area (Å²) < 4.78 is 14.2. The van der Waals surface area contributed by atoms with Gasteiger partial charge < -0.3 is 5.32 Å². The standard InChI is InChI=1S/C26H16ClFN2O4S/c27-17-11-12-22(20(15-17)25(31)19-8-4-5-9-21(19)28)29-26(32)16-10-13-24(23(14-16)30(33)34)35-18-6-2-1-3-7-18/h1-15H,(H,29,32). The maximum Gasteiger partial charge on any atom is 0.284 e. The highest BCUT2D eigenvalue weighted by Gasteiger charge is 2.22. The van der Waals surface area contributed by atoms with Crippen molar-refractivity contribution in [1.82, 2.24) is 0 Å². The number of nitro benzene ring substituents is 1. The van der Waals surface area contributed by atoms with Gasteiger partial charge in [-0.05, 0) is 54.6 Å². The molecule has 1 N–H and O–H groups in total. The highest BCUT2D eigenvalue weighted by molar-refractivity contribution is 7.99. The average molecular weight is 507 g/mol. The van der Waals surface area contributed by atoms with Gasteiger partial charge in [0.05, 0.1) is 21.1 Å². The SMILES string of the molecule is O=C(Nc1ccc(Cl)cc1C(=O)c1ccccc1F)c1ccc(Sc2ccccc2)c([N+](=O)[O-])c1. The number of ketones is 1. The summed E-state index contributed by atoms with van der Waals surface area (Å²) >= 11 is 7.25. The van der Waals surface area contributed by atoms with E-state index in [1.165, 1.54) is 66.4 Å². The van der Waals surface area contributed by atoms with E-state index in [-0.39, 0.29) is 33.1 Å². The van der Waals surface area contributed by atoms with Gasteiger partial charge in [-0.1, -0.05) is 53.7 Å². The molecule has 0 fully saturated rings. The number of nitrogens with zero attached hydrogens (tertiary/aromatic N) is 1. The minimum Gasteiger partial charge on any atom is -0.321 e. The van der Waals surface area contributed by atoms with E-state index in [4.69, 9.17) is 11.6 Å². The molecule has 0 saturated carbocycles. The van der Waals surface area contributed by atoms with Crippen molar-refractivity contribution >= 4 is 46.4 Å². The highest BCUT2D eigenvalue weighted by Crippen LogP contribution is 2.35. The Hall–Kier alpha value is -4.01. The largest absolute Gasteiger partial charge is 0.321 e. The van der Waals surface area contributed by atoms with E-state index < -0.39 is 22.4 Å². The van der Waals surface area contributed by atoms with Gasteiger partial charge in [-0.25, -0.2) is 4.39 Å². The summed E-state index contributed by atoms with van der Waals surface area (Å²) in [5.41, 5.74) is -0.304. The fourth-order valence-corrected chi connectivity index (χ4v) is 4.39. The molecule has 0 radical (unpaired) electrons. The van der Waals surface area contributed by atoms with Crippen molar-refractivity contribution in [2.45, 2.75) is 9.79 Å². The van der Waals surface area contributed by atoms with Crippen LogP contribution in [0.25, 0.3) is 0 Å². The number of nitro groups is 1. The molecule has 35 heavy (non-hydrogen) atoms. The molecule has 0 atom stereocenters. The summed E-state index contributed by atoms with van der Waals surface area (Å²) in [5.74, 6) is -2.05. The lowest BCUT2D eigenvalue weighted by Gasteiger charge is -2.12. The molecule has 0 aliphatic carbocycles. The third-order valence-corrected chi connectivity index (χ3v) is 6.29. The lowest BCUT2D eigenvalue weighted by Crippen LogP contribution is -2.16. The molecule has 0 unspecified atom stereocenters. The number of hydrogen-bond acceptors (Lipinski definition) is 5. The second kappa shape index (κ2) is 10.5. The van der Waals surface area contributed by atoms with Crippen molar-refractivity contribution in [1.29, 1.82) is 0 Å². The molecular weight excluding hydrogens is 491 g/mol. The van der Waals surface area contributed by atoms with E-state index in [1.807, 2.05) is 30.3 Å². The number of benzene rings is 4. The number of halogens is 2. The fraction of sp³-hybridized carbons (Fsp3) is 0. The number of hydrogen-bond donors (Lipinski definition) is 1. The fourth-order valence-electron chi connectivity index (χ4n) is 3.30. The summed E-state index contributed by atoms with van der Waals surface area (Å²) in [6.45, 7) is 0. The van der Waals surface area contributed by atoms with Crippen LogP contribution in [0.1, 0.15) is 26.3 Å². The van der Waals surface area contributed by atoms with Crippen LogP contribution in [0.3, 0.4) is 0 Å². The summed E-state index contributed by atoms with van der Waals surface area (Å²) in [7, 11) is 0. The Morgan fingerprint density at radius 1 is 0.886 bits per heavy atom. The normalized spacial score (nSPS) is 10.6. The van der Waals surface area contributed by atoms with Crippen molar-refractivity contribution in [3.8, 4) is 0 Å². The zero-order chi connectivity index (χ0) is 24.9. The van der Waals surface area contributed by atoms with E-state index in [9.17, 15) is 24.1 Å². The first kappa shape index (κ1) is 24.1. The van der Waals surface area contributed by atoms with E-state index in [2.05, 4.69) is 5.32 Å². The molecular formula is C26H16ClFN2O4S. The van der Waals surface area contributed by atoms with Crippen LogP contribution in [0.5, 0.6) is 0 Å². The average Bonchev–Trinajstić information content (AvgIpc) is 2.85. The maximum absolute atomic E-state index is 14.2. The molecule has 0 spiro atoms. The Morgan fingerprint density at radius 3 is 2.31 bits per heavy atom. The van der Waals surface area contributed by atoms with Crippen LogP contribution in [-0.4, -0.2) is 16.6 Å². The Kier molecular flexibility index (Phi) is 7.24. The number of carbonyl (C=O) groups excluding carboxylic acids is 2. The Balaban J connectivity index is 1.64. The van der Waals surface area contributed by atoms with Gasteiger partial charge >= 0.3 is 0 Å². The van der Waals surface area contributed by atoms with E-state index in [0.717, 1.165) is 11.0 Å². The number of amides is 1. The van der Waals surface area contributed by atoms with E-state index >= 15 is 0 Å². The van der Waals surface area contributed by atoms with Gasteiger partial charge in [0.25, 0.3) is 11.6 Å². The molecule has 4 rings (SSSR count). The van der Waals surface area contributed by atoms with E-state index in [1.54, 1.807) is 0 Å². The van der Waals surface area contributed by atoms with Gasteiger partial charge in [0.2, 0.25) is 0 Å². The van der Waals surface area contributed by atoms with Crippen molar-refractivity contribution in [2.24, 2.45) is 0 Å². The second-order valence-electron chi connectivity index (χ2n) is 7.31. The van der Waals surface area contributed by atoms with Crippen LogP contribution in [0.15, 0.2) is 101 Å². The summed E-state index contributed by atoms with van der Waals surface area (Å²) in [4.78, 5) is 38.2. The predicted molar refractivity (Wildman–Crippen MR) is 133 cm³/mol. The summed E-state index contributed by atoms with van der Waals surface area (Å²) in [6.07, 6.45) is 0. The quantitative estimate of drug-likeness (QED) is 0.165. The van der Waals surface area contributed by atoms with Gasteiger partial charge in [-0.3, -0.25) is 19.7 Å². The first-order chi connectivity index (χ1) is 16.8. The monoisotopic (exact) mass is 506 g/mol. The molecule has 0 heterocycles. The molecule has 0 saturated heterocycles. The number of rotatable bonds is 7. The smallest absolute Gasteiger partial charge is 0.284 e. The molecule has 0 aliphatic heterocycles. The van der Waals surface area contributed by atoms with Gasteiger partial charge in [-0.15, -0.1) is 0 Å². The van der Waals surface area contributed by atoms with Crippen molar-refractivity contribution < 1.29 is 18.9 Å².